The van der Waals surface area contributed by atoms with Crippen molar-refractivity contribution in [1.29, 1.82) is 0 Å². The van der Waals surface area contributed by atoms with Crippen LogP contribution in [0.2, 0.25) is 0 Å². The molecule has 5 nitrogen and oxygen atoms in total. The maximum Gasteiger partial charge on any atom is 0.207 e. The fourth-order valence-corrected chi connectivity index (χ4v) is 4.35. The molecule has 0 radical (unpaired) electrons. The smallest absolute Gasteiger partial charge is 0.207 e. The zero-order valence-corrected chi connectivity index (χ0v) is 21.5. The van der Waals surface area contributed by atoms with Gasteiger partial charge >= 0.3 is 0 Å². The van der Waals surface area contributed by atoms with Crippen molar-refractivity contribution in [3.8, 4) is 0 Å². The average molecular weight is 457 g/mol. The lowest BCUT2D eigenvalue weighted by molar-refractivity contribution is -0.109. The second-order valence-corrected chi connectivity index (χ2v) is 9.67. The Morgan fingerprint density at radius 1 is 0.656 bits per heavy atom. The molecule has 0 bridgehead atoms. The molecule has 0 saturated carbocycles. The van der Waals surface area contributed by atoms with E-state index in [0.717, 1.165) is 25.7 Å². The quantitative estimate of drug-likeness (QED) is 0.113. The highest BCUT2D eigenvalue weighted by Gasteiger charge is 2.15. The third-order valence-electron chi connectivity index (χ3n) is 6.38. The molecule has 0 aromatic carbocycles. The average Bonchev–Trinajstić information content (AvgIpc) is 2.77. The summed E-state index contributed by atoms with van der Waals surface area (Å²) in [7, 11) is 0. The van der Waals surface area contributed by atoms with E-state index < -0.39 is 0 Å². The van der Waals surface area contributed by atoms with Gasteiger partial charge in [-0.3, -0.25) is 9.69 Å². The summed E-state index contributed by atoms with van der Waals surface area (Å²) in [6.45, 7) is 6.86. The van der Waals surface area contributed by atoms with E-state index in [1.807, 2.05) is 0 Å². The number of aliphatic hydroxyl groups excluding tert-OH is 2. The molecule has 3 N–H and O–H groups in total. The summed E-state index contributed by atoms with van der Waals surface area (Å²) in [4.78, 5) is 12.7. The summed E-state index contributed by atoms with van der Waals surface area (Å²) in [5.41, 5.74) is 0. The first-order chi connectivity index (χ1) is 15.6. The summed E-state index contributed by atoms with van der Waals surface area (Å²) in [5.74, 6) is 0. The first-order valence-corrected chi connectivity index (χ1v) is 13.9. The van der Waals surface area contributed by atoms with Crippen LogP contribution in [0.15, 0.2) is 0 Å². The zero-order chi connectivity index (χ0) is 23.7. The number of amides is 1. The van der Waals surface area contributed by atoms with Gasteiger partial charge in [-0.2, -0.15) is 0 Å². The molecular weight excluding hydrogens is 400 g/mol. The van der Waals surface area contributed by atoms with Gasteiger partial charge < -0.3 is 15.5 Å². The van der Waals surface area contributed by atoms with Crippen LogP contribution in [-0.2, 0) is 4.79 Å². The highest BCUT2D eigenvalue weighted by molar-refractivity contribution is 5.45. The van der Waals surface area contributed by atoms with Crippen LogP contribution in [-0.4, -0.2) is 59.9 Å². The molecule has 0 aliphatic carbocycles. The molecule has 1 amide bonds. The minimum atomic E-state index is -0.360. The van der Waals surface area contributed by atoms with Crippen molar-refractivity contribution in [1.82, 2.24) is 10.2 Å². The molecular formula is C27H56N2O3. The van der Waals surface area contributed by atoms with E-state index in [1.54, 1.807) is 0 Å². The first kappa shape index (κ1) is 31.4. The number of hydrogen-bond donors (Lipinski definition) is 3. The van der Waals surface area contributed by atoms with E-state index in [2.05, 4.69) is 24.1 Å². The van der Waals surface area contributed by atoms with Gasteiger partial charge in [0.25, 0.3) is 0 Å². The fraction of sp³-hybridized carbons (Fsp3) is 0.963. The van der Waals surface area contributed by atoms with E-state index in [1.165, 1.54) is 89.9 Å². The highest BCUT2D eigenvalue weighted by Crippen LogP contribution is 2.13. The highest BCUT2D eigenvalue weighted by atomic mass is 16.3. The molecule has 2 atom stereocenters. The second kappa shape index (κ2) is 25.0. The van der Waals surface area contributed by atoms with Gasteiger partial charge in [-0.25, -0.2) is 0 Å². The third kappa shape index (κ3) is 22.5. The van der Waals surface area contributed by atoms with E-state index in [4.69, 9.17) is 0 Å². The molecule has 5 heteroatoms. The Hall–Kier alpha value is -0.650. The predicted molar refractivity (Wildman–Crippen MR) is 137 cm³/mol. The van der Waals surface area contributed by atoms with Crippen molar-refractivity contribution in [3.63, 3.8) is 0 Å². The van der Waals surface area contributed by atoms with Crippen LogP contribution in [0.4, 0.5) is 0 Å². The Bertz CT molecular complexity index is 354. The topological polar surface area (TPSA) is 72.8 Å². The molecule has 2 unspecified atom stereocenters. The minimum Gasteiger partial charge on any atom is -0.392 e. The van der Waals surface area contributed by atoms with Gasteiger partial charge in [-0.05, 0) is 12.8 Å². The van der Waals surface area contributed by atoms with Gasteiger partial charge in [-0.15, -0.1) is 0 Å². The molecule has 0 aliphatic rings. The molecule has 0 spiro atoms. The fourth-order valence-electron chi connectivity index (χ4n) is 4.35. The van der Waals surface area contributed by atoms with Crippen molar-refractivity contribution >= 4 is 6.41 Å². The molecule has 0 fully saturated rings. The summed E-state index contributed by atoms with van der Waals surface area (Å²) < 4.78 is 0. The van der Waals surface area contributed by atoms with Crippen LogP contribution in [0, 0.1) is 0 Å². The third-order valence-corrected chi connectivity index (χ3v) is 6.38. The van der Waals surface area contributed by atoms with Gasteiger partial charge in [0, 0.05) is 26.2 Å². The van der Waals surface area contributed by atoms with Crippen molar-refractivity contribution < 1.29 is 15.0 Å². The molecule has 0 aromatic heterocycles. The summed E-state index contributed by atoms with van der Waals surface area (Å²) >= 11 is 0. The van der Waals surface area contributed by atoms with Gasteiger partial charge in [0.1, 0.15) is 0 Å². The normalized spacial score (nSPS) is 13.4. The van der Waals surface area contributed by atoms with Gasteiger partial charge in [0.2, 0.25) is 6.41 Å². The number of nitrogens with zero attached hydrogens (tertiary/aromatic N) is 1. The SMILES string of the molecule is CCCCCCCCCCC(O)CN(CCNC=O)CC(O)CCCCCCCCCC. The number of rotatable bonds is 26. The van der Waals surface area contributed by atoms with Crippen LogP contribution in [0.3, 0.4) is 0 Å². The molecule has 192 valence electrons. The van der Waals surface area contributed by atoms with Crippen LogP contribution in [0.5, 0.6) is 0 Å². The van der Waals surface area contributed by atoms with Crippen LogP contribution in [0.1, 0.15) is 129 Å². The Morgan fingerprint density at radius 2 is 1.03 bits per heavy atom. The zero-order valence-electron chi connectivity index (χ0n) is 21.5. The maximum atomic E-state index is 10.6. The predicted octanol–water partition coefficient (Wildman–Crippen LogP) is 5.82. The standard InChI is InChI=1S/C27H56N2O3/c1-3-5-7-9-11-13-15-17-19-26(31)23-29(22-21-28-25-30)24-27(32)20-18-16-14-12-10-8-6-4-2/h25-27,31-32H,3-24H2,1-2H3,(H,28,30). The number of nitrogens with one attached hydrogen (secondary N) is 1. The number of unbranched alkanes of at least 4 members (excludes halogenated alkanes) is 14. The van der Waals surface area contributed by atoms with E-state index >= 15 is 0 Å². The monoisotopic (exact) mass is 456 g/mol. The van der Waals surface area contributed by atoms with Crippen LogP contribution >= 0.6 is 0 Å². The Balaban J connectivity index is 3.98. The summed E-state index contributed by atoms with van der Waals surface area (Å²) in [6.07, 6.45) is 21.9. The number of carbonyl (C=O) groups excluding carboxylic acids is 1. The number of hydrogen-bond acceptors (Lipinski definition) is 4. The Labute approximate surface area is 199 Å². The van der Waals surface area contributed by atoms with E-state index in [0.29, 0.717) is 32.6 Å². The van der Waals surface area contributed by atoms with E-state index in [-0.39, 0.29) is 12.2 Å². The Kier molecular flexibility index (Phi) is 24.5. The molecule has 32 heavy (non-hydrogen) atoms. The summed E-state index contributed by atoms with van der Waals surface area (Å²) in [6, 6.07) is 0. The number of carbonyl (C=O) groups is 1. The lowest BCUT2D eigenvalue weighted by Crippen LogP contribution is -2.41. The molecule has 0 aromatic rings. The van der Waals surface area contributed by atoms with Crippen molar-refractivity contribution in [2.24, 2.45) is 0 Å². The molecule has 0 heterocycles. The van der Waals surface area contributed by atoms with Gasteiger partial charge in [0.15, 0.2) is 0 Å². The maximum absolute atomic E-state index is 10.6. The summed E-state index contributed by atoms with van der Waals surface area (Å²) in [5, 5.41) is 23.7. The second-order valence-electron chi connectivity index (χ2n) is 9.67. The lowest BCUT2D eigenvalue weighted by atomic mass is 10.0. The molecule has 0 aliphatic heterocycles. The van der Waals surface area contributed by atoms with Gasteiger partial charge in [-0.1, -0.05) is 117 Å². The Morgan fingerprint density at radius 3 is 1.41 bits per heavy atom. The van der Waals surface area contributed by atoms with Crippen molar-refractivity contribution in [3.05, 3.63) is 0 Å². The largest absolute Gasteiger partial charge is 0.392 e. The van der Waals surface area contributed by atoms with Crippen LogP contribution in [0.25, 0.3) is 0 Å². The minimum absolute atomic E-state index is 0.360. The molecule has 0 rings (SSSR count). The van der Waals surface area contributed by atoms with Crippen LogP contribution < -0.4 is 5.32 Å². The number of aliphatic hydroxyl groups is 2. The van der Waals surface area contributed by atoms with E-state index in [9.17, 15) is 15.0 Å². The lowest BCUT2D eigenvalue weighted by Gasteiger charge is -2.27. The molecule has 0 saturated heterocycles. The first-order valence-electron chi connectivity index (χ1n) is 13.9. The van der Waals surface area contributed by atoms with Crippen molar-refractivity contribution in [2.45, 2.75) is 142 Å². The van der Waals surface area contributed by atoms with Crippen molar-refractivity contribution in [2.75, 3.05) is 26.2 Å². The van der Waals surface area contributed by atoms with Gasteiger partial charge in [0.05, 0.1) is 12.2 Å².